The summed E-state index contributed by atoms with van der Waals surface area (Å²) in [4.78, 5) is 11.5. The molecule has 0 heterocycles. The number of nitrogens with two attached hydrogens (primary N) is 1. The molecule has 4 nitrogen and oxygen atoms in total. The van der Waals surface area contributed by atoms with Crippen molar-refractivity contribution in [2.45, 2.75) is 26.8 Å². The average Bonchev–Trinajstić information content (AvgIpc) is 2.15. The van der Waals surface area contributed by atoms with E-state index in [2.05, 4.69) is 19.2 Å². The van der Waals surface area contributed by atoms with E-state index in [1.165, 1.54) is 0 Å². The Morgan fingerprint density at radius 1 is 1.43 bits per heavy atom. The third-order valence-electron chi connectivity index (χ3n) is 2.28. The summed E-state index contributed by atoms with van der Waals surface area (Å²) < 4.78 is 5.03. The Morgan fingerprint density at radius 3 is 2.36 bits per heavy atom. The van der Waals surface area contributed by atoms with Crippen LogP contribution in [0.4, 0.5) is 0 Å². The molecule has 0 aliphatic carbocycles. The third kappa shape index (κ3) is 4.58. The molecule has 84 valence electrons. The van der Waals surface area contributed by atoms with Crippen LogP contribution >= 0.6 is 0 Å². The SMILES string of the molecule is COCC(NC(=O)C(C)CN)C(C)C. The maximum atomic E-state index is 11.5. The van der Waals surface area contributed by atoms with Crippen molar-refractivity contribution < 1.29 is 9.53 Å². The number of nitrogens with one attached hydrogen (secondary N) is 1. The fraction of sp³-hybridized carbons (Fsp3) is 0.900. The highest BCUT2D eigenvalue weighted by molar-refractivity contribution is 5.78. The number of carbonyl (C=O) groups is 1. The van der Waals surface area contributed by atoms with Gasteiger partial charge in [-0.1, -0.05) is 20.8 Å². The minimum atomic E-state index is -0.131. The lowest BCUT2D eigenvalue weighted by atomic mass is 10.0. The van der Waals surface area contributed by atoms with Gasteiger partial charge in [0.05, 0.1) is 12.6 Å². The van der Waals surface area contributed by atoms with Crippen molar-refractivity contribution in [3.63, 3.8) is 0 Å². The van der Waals surface area contributed by atoms with Gasteiger partial charge in [0, 0.05) is 19.6 Å². The number of hydrogen-bond donors (Lipinski definition) is 2. The lowest BCUT2D eigenvalue weighted by Gasteiger charge is -2.23. The van der Waals surface area contributed by atoms with Gasteiger partial charge in [-0.05, 0) is 5.92 Å². The van der Waals surface area contributed by atoms with Gasteiger partial charge in [-0.15, -0.1) is 0 Å². The van der Waals surface area contributed by atoms with Crippen LogP contribution in [-0.2, 0) is 9.53 Å². The predicted octanol–water partition coefficient (Wildman–Crippen LogP) is 0.368. The first kappa shape index (κ1) is 13.4. The Labute approximate surface area is 86.2 Å². The van der Waals surface area contributed by atoms with Crippen molar-refractivity contribution in [3.05, 3.63) is 0 Å². The molecule has 0 aliphatic rings. The van der Waals surface area contributed by atoms with E-state index in [1.807, 2.05) is 6.92 Å². The molecule has 2 atom stereocenters. The van der Waals surface area contributed by atoms with Crippen LogP contribution in [0.25, 0.3) is 0 Å². The first-order valence-corrected chi connectivity index (χ1v) is 5.02. The van der Waals surface area contributed by atoms with Crippen LogP contribution in [0, 0.1) is 11.8 Å². The van der Waals surface area contributed by atoms with E-state index in [4.69, 9.17) is 10.5 Å². The summed E-state index contributed by atoms with van der Waals surface area (Å²) in [5, 5.41) is 2.92. The molecule has 0 aromatic heterocycles. The van der Waals surface area contributed by atoms with Gasteiger partial charge in [0.1, 0.15) is 0 Å². The van der Waals surface area contributed by atoms with Crippen molar-refractivity contribution >= 4 is 5.91 Å². The highest BCUT2D eigenvalue weighted by Crippen LogP contribution is 2.03. The molecule has 4 heteroatoms. The molecule has 0 aliphatic heterocycles. The molecule has 0 saturated heterocycles. The van der Waals surface area contributed by atoms with Crippen LogP contribution in [0.1, 0.15) is 20.8 Å². The molecule has 0 aromatic rings. The number of methoxy groups -OCH3 is 1. The highest BCUT2D eigenvalue weighted by atomic mass is 16.5. The van der Waals surface area contributed by atoms with E-state index < -0.39 is 0 Å². The van der Waals surface area contributed by atoms with Gasteiger partial charge in [-0.2, -0.15) is 0 Å². The fourth-order valence-corrected chi connectivity index (χ4v) is 1.01. The van der Waals surface area contributed by atoms with Gasteiger partial charge in [-0.3, -0.25) is 4.79 Å². The van der Waals surface area contributed by atoms with E-state index in [1.54, 1.807) is 7.11 Å². The van der Waals surface area contributed by atoms with Gasteiger partial charge in [0.2, 0.25) is 5.91 Å². The smallest absolute Gasteiger partial charge is 0.224 e. The molecule has 1 amide bonds. The van der Waals surface area contributed by atoms with Crippen LogP contribution in [0.3, 0.4) is 0 Å². The first-order chi connectivity index (χ1) is 6.52. The predicted molar refractivity (Wildman–Crippen MR) is 56.9 cm³/mol. The zero-order valence-electron chi connectivity index (χ0n) is 9.54. The summed E-state index contributed by atoms with van der Waals surface area (Å²) in [6.45, 7) is 6.85. The number of amides is 1. The normalized spacial score (nSPS) is 15.3. The number of ether oxygens (including phenoxy) is 1. The zero-order chi connectivity index (χ0) is 11.1. The quantitative estimate of drug-likeness (QED) is 0.654. The molecular weight excluding hydrogens is 180 g/mol. The van der Waals surface area contributed by atoms with Crippen LogP contribution in [0.15, 0.2) is 0 Å². The van der Waals surface area contributed by atoms with Gasteiger partial charge in [-0.25, -0.2) is 0 Å². The van der Waals surface area contributed by atoms with Gasteiger partial charge in [0.25, 0.3) is 0 Å². The van der Waals surface area contributed by atoms with Gasteiger partial charge >= 0.3 is 0 Å². The second-order valence-electron chi connectivity index (χ2n) is 3.95. The summed E-state index contributed by atoms with van der Waals surface area (Å²) >= 11 is 0. The number of rotatable bonds is 6. The van der Waals surface area contributed by atoms with Crippen LogP contribution < -0.4 is 11.1 Å². The Balaban J connectivity index is 4.08. The fourth-order valence-electron chi connectivity index (χ4n) is 1.01. The third-order valence-corrected chi connectivity index (χ3v) is 2.28. The maximum absolute atomic E-state index is 11.5. The van der Waals surface area contributed by atoms with E-state index in [0.717, 1.165) is 0 Å². The average molecular weight is 202 g/mol. The van der Waals surface area contributed by atoms with Crippen LogP contribution in [0.5, 0.6) is 0 Å². The van der Waals surface area contributed by atoms with E-state index in [9.17, 15) is 4.79 Å². The Hall–Kier alpha value is -0.610. The molecular formula is C10H22N2O2. The molecule has 0 rings (SSSR count). The number of hydrogen-bond acceptors (Lipinski definition) is 3. The second kappa shape index (κ2) is 6.79. The van der Waals surface area contributed by atoms with E-state index in [-0.39, 0.29) is 17.9 Å². The summed E-state index contributed by atoms with van der Waals surface area (Å²) in [7, 11) is 1.63. The van der Waals surface area contributed by atoms with Crippen molar-refractivity contribution in [3.8, 4) is 0 Å². The Kier molecular flexibility index (Phi) is 6.49. The van der Waals surface area contributed by atoms with Gasteiger partial charge < -0.3 is 15.8 Å². The molecule has 0 radical (unpaired) electrons. The monoisotopic (exact) mass is 202 g/mol. The van der Waals surface area contributed by atoms with Crippen molar-refractivity contribution in [2.75, 3.05) is 20.3 Å². The van der Waals surface area contributed by atoms with Crippen LogP contribution in [-0.4, -0.2) is 32.2 Å². The van der Waals surface area contributed by atoms with E-state index in [0.29, 0.717) is 19.1 Å². The molecule has 2 unspecified atom stereocenters. The molecule has 3 N–H and O–H groups in total. The molecule has 0 spiro atoms. The maximum Gasteiger partial charge on any atom is 0.224 e. The summed E-state index contributed by atoms with van der Waals surface area (Å²) in [6, 6.07) is 0.0708. The minimum Gasteiger partial charge on any atom is -0.383 e. The molecule has 0 fully saturated rings. The van der Waals surface area contributed by atoms with Crippen molar-refractivity contribution in [1.29, 1.82) is 0 Å². The highest BCUT2D eigenvalue weighted by Gasteiger charge is 2.18. The largest absolute Gasteiger partial charge is 0.383 e. The molecule has 0 aromatic carbocycles. The minimum absolute atomic E-state index is 0.00301. The second-order valence-corrected chi connectivity index (χ2v) is 3.95. The standard InChI is InChI=1S/C10H22N2O2/c1-7(2)9(6-14-4)12-10(13)8(3)5-11/h7-9H,5-6,11H2,1-4H3,(H,12,13). The summed E-state index contributed by atoms with van der Waals surface area (Å²) in [6.07, 6.45) is 0. The molecule has 14 heavy (non-hydrogen) atoms. The summed E-state index contributed by atoms with van der Waals surface area (Å²) in [5.41, 5.74) is 5.41. The molecule has 0 saturated carbocycles. The Morgan fingerprint density at radius 2 is 2.00 bits per heavy atom. The molecule has 0 bridgehead atoms. The lowest BCUT2D eigenvalue weighted by molar-refractivity contribution is -0.125. The lowest BCUT2D eigenvalue weighted by Crippen LogP contribution is -2.45. The first-order valence-electron chi connectivity index (χ1n) is 5.02. The topological polar surface area (TPSA) is 64.3 Å². The summed E-state index contributed by atoms with van der Waals surface area (Å²) in [5.74, 6) is 0.236. The van der Waals surface area contributed by atoms with Crippen LogP contribution in [0.2, 0.25) is 0 Å². The zero-order valence-corrected chi connectivity index (χ0v) is 9.54. The number of carbonyl (C=O) groups excluding carboxylic acids is 1. The van der Waals surface area contributed by atoms with Crippen molar-refractivity contribution in [2.24, 2.45) is 17.6 Å². The van der Waals surface area contributed by atoms with Crippen molar-refractivity contribution in [1.82, 2.24) is 5.32 Å². The Bertz CT molecular complexity index is 172. The van der Waals surface area contributed by atoms with Gasteiger partial charge in [0.15, 0.2) is 0 Å². The van der Waals surface area contributed by atoms with E-state index >= 15 is 0 Å².